The van der Waals surface area contributed by atoms with Gasteiger partial charge in [-0.1, -0.05) is 49.2 Å². The summed E-state index contributed by atoms with van der Waals surface area (Å²) in [4.78, 5) is 24.4. The Kier molecular flexibility index (Phi) is 10.4. The van der Waals surface area contributed by atoms with E-state index in [0.29, 0.717) is 43.0 Å². The molecule has 0 bridgehead atoms. The van der Waals surface area contributed by atoms with E-state index in [1.807, 2.05) is 30.3 Å². The van der Waals surface area contributed by atoms with Crippen LogP contribution in [-0.2, 0) is 20.7 Å². The first-order valence-corrected chi connectivity index (χ1v) is 13.6. The fraction of sp³-hybridized carbons (Fsp3) is 0.517. The number of rotatable bonds is 12. The van der Waals surface area contributed by atoms with Crippen molar-refractivity contribution in [3.8, 4) is 0 Å². The van der Waals surface area contributed by atoms with Gasteiger partial charge in [-0.15, -0.1) is 0 Å². The van der Waals surface area contributed by atoms with Crippen molar-refractivity contribution in [2.75, 3.05) is 31.6 Å². The lowest BCUT2D eigenvalue weighted by Crippen LogP contribution is -2.49. The minimum Gasteiger partial charge on any atom is -0.448 e. The molecular formula is C29H35F4N3O4. The van der Waals surface area contributed by atoms with E-state index < -0.39 is 24.6 Å². The molecule has 2 fully saturated rings. The van der Waals surface area contributed by atoms with E-state index in [1.54, 1.807) is 17.4 Å². The van der Waals surface area contributed by atoms with Crippen molar-refractivity contribution in [3.63, 3.8) is 0 Å². The minimum absolute atomic E-state index is 0.111. The number of ether oxygens (including phenoxy) is 2. The van der Waals surface area contributed by atoms with E-state index in [9.17, 15) is 27.2 Å². The standard InChI is InChI=1S/C29H35F4N3O4/c30-25-7-4-8-26(36-27(37)14-21(13-19-9-10-19)20-5-2-1-3-6-20)24(25)12-11-23-15-34-22(16-39-23)17-40-28(38)35-18-29(31,32)33/h1-8,19,21-23,34H,9-18H2,(H,35,38)(H,36,37)/t21-,22-,23+/m0/s1. The molecule has 7 nitrogen and oxygen atoms in total. The summed E-state index contributed by atoms with van der Waals surface area (Å²) in [6.07, 6.45) is -1.43. The van der Waals surface area contributed by atoms with Crippen LogP contribution in [0.15, 0.2) is 48.5 Å². The van der Waals surface area contributed by atoms with Gasteiger partial charge < -0.3 is 25.4 Å². The molecule has 1 heterocycles. The Bertz CT molecular complexity index is 1120. The summed E-state index contributed by atoms with van der Waals surface area (Å²) < 4.78 is 61.9. The SMILES string of the molecule is O=C(C[C@H](CC1CC1)c1ccccc1)Nc1cccc(F)c1CC[C@@H]1CN[C@H](COC(=O)NCC(F)(F)F)CO1. The zero-order valence-electron chi connectivity index (χ0n) is 22.1. The number of carbonyl (C=O) groups excluding carboxylic acids is 2. The second-order valence-corrected chi connectivity index (χ2v) is 10.5. The number of morpholine rings is 1. The number of hydrogen-bond acceptors (Lipinski definition) is 5. The molecule has 0 unspecified atom stereocenters. The Balaban J connectivity index is 1.24. The van der Waals surface area contributed by atoms with Gasteiger partial charge in [-0.05, 0) is 48.8 Å². The van der Waals surface area contributed by atoms with E-state index in [-0.39, 0.29) is 37.2 Å². The molecule has 2 amide bonds. The van der Waals surface area contributed by atoms with Crippen LogP contribution in [0.25, 0.3) is 0 Å². The second-order valence-electron chi connectivity index (χ2n) is 10.5. The number of anilines is 1. The fourth-order valence-electron chi connectivity index (χ4n) is 4.84. The van der Waals surface area contributed by atoms with Crippen molar-refractivity contribution in [1.82, 2.24) is 10.6 Å². The molecule has 218 valence electrons. The Labute approximate surface area is 231 Å². The first kappa shape index (κ1) is 29.8. The van der Waals surface area contributed by atoms with E-state index >= 15 is 0 Å². The van der Waals surface area contributed by atoms with Gasteiger partial charge in [0.25, 0.3) is 0 Å². The number of benzene rings is 2. The molecule has 0 radical (unpaired) electrons. The Morgan fingerprint density at radius 1 is 1.10 bits per heavy atom. The maximum atomic E-state index is 14.8. The Morgan fingerprint density at radius 2 is 1.88 bits per heavy atom. The zero-order valence-corrected chi connectivity index (χ0v) is 22.1. The largest absolute Gasteiger partial charge is 0.448 e. The van der Waals surface area contributed by atoms with Crippen molar-refractivity contribution in [1.29, 1.82) is 0 Å². The molecule has 0 spiro atoms. The van der Waals surface area contributed by atoms with Crippen molar-refractivity contribution in [2.24, 2.45) is 5.92 Å². The first-order chi connectivity index (χ1) is 19.2. The number of hydrogen-bond donors (Lipinski definition) is 3. The van der Waals surface area contributed by atoms with Crippen LogP contribution < -0.4 is 16.0 Å². The number of nitrogens with one attached hydrogen (secondary N) is 3. The molecule has 3 atom stereocenters. The third kappa shape index (κ3) is 9.78. The number of amides is 2. The van der Waals surface area contributed by atoms with Crippen LogP contribution in [0, 0.1) is 11.7 Å². The highest BCUT2D eigenvalue weighted by Crippen LogP contribution is 2.40. The quantitative estimate of drug-likeness (QED) is 0.304. The molecule has 0 aromatic heterocycles. The van der Waals surface area contributed by atoms with Crippen LogP contribution >= 0.6 is 0 Å². The maximum absolute atomic E-state index is 14.8. The van der Waals surface area contributed by atoms with Gasteiger partial charge in [0.2, 0.25) is 5.91 Å². The minimum atomic E-state index is -4.51. The third-order valence-electron chi connectivity index (χ3n) is 7.14. The Morgan fingerprint density at radius 3 is 2.55 bits per heavy atom. The van der Waals surface area contributed by atoms with Gasteiger partial charge in [0.05, 0.1) is 18.8 Å². The third-order valence-corrected chi connectivity index (χ3v) is 7.14. The summed E-state index contributed by atoms with van der Waals surface area (Å²) in [5.41, 5.74) is 1.99. The van der Waals surface area contributed by atoms with Gasteiger partial charge in [0.1, 0.15) is 19.0 Å². The van der Waals surface area contributed by atoms with E-state index in [2.05, 4.69) is 10.6 Å². The predicted octanol–water partition coefficient (Wildman–Crippen LogP) is 5.32. The van der Waals surface area contributed by atoms with Crippen LogP contribution in [0.4, 0.5) is 28.0 Å². The highest BCUT2D eigenvalue weighted by molar-refractivity contribution is 5.92. The van der Waals surface area contributed by atoms with Gasteiger partial charge in [-0.25, -0.2) is 9.18 Å². The van der Waals surface area contributed by atoms with Crippen molar-refractivity contribution in [2.45, 2.75) is 62.8 Å². The van der Waals surface area contributed by atoms with Crippen LogP contribution in [0.3, 0.4) is 0 Å². The fourth-order valence-corrected chi connectivity index (χ4v) is 4.84. The summed E-state index contributed by atoms with van der Waals surface area (Å²) in [7, 11) is 0. The molecule has 40 heavy (non-hydrogen) atoms. The molecule has 2 aliphatic rings. The monoisotopic (exact) mass is 565 g/mol. The molecule has 2 aromatic carbocycles. The normalized spacial score (nSPS) is 20.0. The van der Waals surface area contributed by atoms with Gasteiger partial charge in [-0.3, -0.25) is 4.79 Å². The van der Waals surface area contributed by atoms with E-state index in [0.717, 1.165) is 12.0 Å². The molecule has 4 rings (SSSR count). The van der Waals surface area contributed by atoms with Crippen molar-refractivity contribution in [3.05, 3.63) is 65.5 Å². The predicted molar refractivity (Wildman–Crippen MR) is 141 cm³/mol. The maximum Gasteiger partial charge on any atom is 0.407 e. The first-order valence-electron chi connectivity index (χ1n) is 13.6. The van der Waals surface area contributed by atoms with Gasteiger partial charge in [-0.2, -0.15) is 13.2 Å². The second kappa shape index (κ2) is 13.9. The zero-order chi connectivity index (χ0) is 28.5. The number of alkyl halides is 3. The smallest absolute Gasteiger partial charge is 0.407 e. The van der Waals surface area contributed by atoms with Crippen LogP contribution in [0.5, 0.6) is 0 Å². The summed E-state index contributed by atoms with van der Waals surface area (Å²) in [5.74, 6) is 0.207. The van der Waals surface area contributed by atoms with Gasteiger partial charge in [0, 0.05) is 24.2 Å². The average molecular weight is 566 g/mol. The molecule has 3 N–H and O–H groups in total. The lowest BCUT2D eigenvalue weighted by molar-refractivity contribution is -0.124. The molecule has 11 heteroatoms. The van der Waals surface area contributed by atoms with Crippen molar-refractivity contribution < 1.29 is 36.6 Å². The molecule has 2 aromatic rings. The van der Waals surface area contributed by atoms with E-state index in [4.69, 9.17) is 9.47 Å². The molecule has 1 aliphatic carbocycles. The average Bonchev–Trinajstić information content (AvgIpc) is 3.75. The van der Waals surface area contributed by atoms with Crippen LogP contribution in [-0.4, -0.2) is 56.6 Å². The summed E-state index contributed by atoms with van der Waals surface area (Å²) >= 11 is 0. The van der Waals surface area contributed by atoms with Crippen LogP contribution in [0.1, 0.15) is 49.1 Å². The highest BCUT2D eigenvalue weighted by Gasteiger charge is 2.29. The number of alkyl carbamates (subject to hydrolysis) is 1. The molecule has 1 saturated carbocycles. The summed E-state index contributed by atoms with van der Waals surface area (Å²) in [5, 5.41) is 7.71. The van der Waals surface area contributed by atoms with Crippen molar-refractivity contribution >= 4 is 17.7 Å². The summed E-state index contributed by atoms with van der Waals surface area (Å²) in [6, 6.07) is 14.3. The number of halogens is 4. The molecule has 1 saturated heterocycles. The topological polar surface area (TPSA) is 88.7 Å². The lowest BCUT2D eigenvalue weighted by Gasteiger charge is -2.30. The van der Waals surface area contributed by atoms with E-state index in [1.165, 1.54) is 18.9 Å². The lowest BCUT2D eigenvalue weighted by atomic mass is 9.90. The van der Waals surface area contributed by atoms with Gasteiger partial charge in [0.15, 0.2) is 0 Å². The summed E-state index contributed by atoms with van der Waals surface area (Å²) in [6.45, 7) is -1.03. The van der Waals surface area contributed by atoms with Crippen LogP contribution in [0.2, 0.25) is 0 Å². The number of carbonyl (C=O) groups is 2. The Hall–Kier alpha value is -3.18. The molecular weight excluding hydrogens is 530 g/mol. The highest BCUT2D eigenvalue weighted by atomic mass is 19.4. The molecule has 1 aliphatic heterocycles. The van der Waals surface area contributed by atoms with Gasteiger partial charge >= 0.3 is 12.3 Å².